The van der Waals surface area contributed by atoms with E-state index in [1.54, 1.807) is 19.2 Å². The van der Waals surface area contributed by atoms with Crippen LogP contribution in [0.15, 0.2) is 23.3 Å². The summed E-state index contributed by atoms with van der Waals surface area (Å²) in [6.45, 7) is 2.26. The zero-order chi connectivity index (χ0) is 12.7. The summed E-state index contributed by atoms with van der Waals surface area (Å²) in [5.41, 5.74) is 9.71. The number of ether oxygens (including phenoxy) is 1. The van der Waals surface area contributed by atoms with Crippen LogP contribution in [0.3, 0.4) is 0 Å². The normalized spacial score (nSPS) is 9.53. The van der Waals surface area contributed by atoms with Crippen LogP contribution < -0.4 is 4.74 Å². The lowest BCUT2D eigenvalue weighted by Gasteiger charge is -2.06. The lowest BCUT2D eigenvalue weighted by Crippen LogP contribution is -2.01. The molecule has 0 aromatic heterocycles. The molecule has 0 aliphatic carbocycles. The molecule has 90 valence electrons. The number of methoxy groups -OCH3 is 1. The molecule has 0 saturated carbocycles. The van der Waals surface area contributed by atoms with Crippen molar-refractivity contribution in [2.75, 3.05) is 13.7 Å². The maximum atomic E-state index is 11.8. The largest absolute Gasteiger partial charge is 0.496 e. The van der Waals surface area contributed by atoms with Gasteiger partial charge in [0.1, 0.15) is 5.75 Å². The second-order valence-electron chi connectivity index (χ2n) is 3.67. The van der Waals surface area contributed by atoms with Crippen molar-refractivity contribution < 1.29 is 9.53 Å². The summed E-state index contributed by atoms with van der Waals surface area (Å²) in [6.07, 6.45) is 0.971. The van der Waals surface area contributed by atoms with E-state index in [0.29, 0.717) is 24.9 Å². The molecule has 0 fully saturated rings. The lowest BCUT2D eigenvalue weighted by atomic mass is 10.0. The Morgan fingerprint density at radius 1 is 1.53 bits per heavy atom. The molecular formula is C12H15N3O2. The van der Waals surface area contributed by atoms with E-state index in [0.717, 1.165) is 11.3 Å². The highest BCUT2D eigenvalue weighted by Gasteiger charge is 2.07. The van der Waals surface area contributed by atoms with Crippen molar-refractivity contribution >= 4 is 5.78 Å². The number of rotatable bonds is 6. The van der Waals surface area contributed by atoms with Crippen molar-refractivity contribution in [3.05, 3.63) is 39.8 Å². The number of carbonyl (C=O) groups is 1. The first-order valence-electron chi connectivity index (χ1n) is 5.37. The fourth-order valence-corrected chi connectivity index (χ4v) is 1.55. The van der Waals surface area contributed by atoms with E-state index in [2.05, 4.69) is 10.0 Å². The Bertz CT molecular complexity index is 451. The van der Waals surface area contributed by atoms with Gasteiger partial charge in [-0.1, -0.05) is 5.11 Å². The SMILES string of the molecule is COc1ccc(C(=O)CCCN=[N+]=[N-])cc1C. The second-order valence-corrected chi connectivity index (χ2v) is 3.67. The van der Waals surface area contributed by atoms with Crippen LogP contribution in [0.5, 0.6) is 5.75 Å². The summed E-state index contributed by atoms with van der Waals surface area (Å²) in [4.78, 5) is 14.4. The molecule has 0 saturated heterocycles. The van der Waals surface area contributed by atoms with Crippen LogP contribution in [0.2, 0.25) is 0 Å². The van der Waals surface area contributed by atoms with Crippen LogP contribution >= 0.6 is 0 Å². The van der Waals surface area contributed by atoms with Gasteiger partial charge in [0.05, 0.1) is 7.11 Å². The number of benzene rings is 1. The molecule has 0 aliphatic heterocycles. The quantitative estimate of drug-likeness (QED) is 0.248. The van der Waals surface area contributed by atoms with E-state index in [4.69, 9.17) is 10.3 Å². The topological polar surface area (TPSA) is 75.1 Å². The third-order valence-corrected chi connectivity index (χ3v) is 2.44. The predicted octanol–water partition coefficient (Wildman–Crippen LogP) is 3.28. The number of Topliss-reactive ketones (excluding diaryl/α,β-unsaturated/α-hetero) is 1. The summed E-state index contributed by atoms with van der Waals surface area (Å²) in [5, 5.41) is 3.39. The standard InChI is InChI=1S/C12H15N3O2/c1-9-8-10(5-6-12(9)17-2)11(16)4-3-7-14-15-13/h5-6,8H,3-4,7H2,1-2H3. The molecule has 1 aromatic rings. The Balaban J connectivity index is 2.63. The van der Waals surface area contributed by atoms with Crippen LogP contribution in [-0.2, 0) is 0 Å². The predicted molar refractivity (Wildman–Crippen MR) is 65.3 cm³/mol. The van der Waals surface area contributed by atoms with Crippen LogP contribution in [0.1, 0.15) is 28.8 Å². The highest BCUT2D eigenvalue weighted by atomic mass is 16.5. The van der Waals surface area contributed by atoms with Crippen molar-refractivity contribution in [1.29, 1.82) is 0 Å². The summed E-state index contributed by atoms with van der Waals surface area (Å²) in [7, 11) is 1.60. The average molecular weight is 233 g/mol. The van der Waals surface area contributed by atoms with Gasteiger partial charge in [0.25, 0.3) is 0 Å². The highest BCUT2D eigenvalue weighted by molar-refractivity contribution is 5.96. The summed E-state index contributed by atoms with van der Waals surface area (Å²) in [6, 6.07) is 5.35. The fourth-order valence-electron chi connectivity index (χ4n) is 1.55. The van der Waals surface area contributed by atoms with Crippen LogP contribution in [0.4, 0.5) is 0 Å². The van der Waals surface area contributed by atoms with Gasteiger partial charge in [-0.15, -0.1) is 0 Å². The van der Waals surface area contributed by atoms with Gasteiger partial charge in [-0.25, -0.2) is 0 Å². The first-order valence-corrected chi connectivity index (χ1v) is 5.37. The van der Waals surface area contributed by atoms with Crippen LogP contribution in [0.25, 0.3) is 10.4 Å². The number of hydrogen-bond donors (Lipinski definition) is 0. The Hall–Kier alpha value is -2.00. The highest BCUT2D eigenvalue weighted by Crippen LogP contribution is 2.19. The van der Waals surface area contributed by atoms with Gasteiger partial charge in [0.2, 0.25) is 0 Å². The van der Waals surface area contributed by atoms with E-state index < -0.39 is 0 Å². The molecule has 0 atom stereocenters. The number of ketones is 1. The molecule has 0 heterocycles. The Morgan fingerprint density at radius 2 is 2.29 bits per heavy atom. The zero-order valence-electron chi connectivity index (χ0n) is 10.0. The zero-order valence-corrected chi connectivity index (χ0v) is 10.0. The van der Waals surface area contributed by atoms with E-state index in [9.17, 15) is 4.79 Å². The van der Waals surface area contributed by atoms with Crippen molar-refractivity contribution in [1.82, 2.24) is 0 Å². The molecule has 5 heteroatoms. The molecule has 0 bridgehead atoms. The van der Waals surface area contributed by atoms with Crippen molar-refractivity contribution in [3.8, 4) is 5.75 Å². The number of nitrogens with zero attached hydrogens (tertiary/aromatic N) is 3. The first-order chi connectivity index (χ1) is 8.19. The van der Waals surface area contributed by atoms with Gasteiger partial charge in [-0.05, 0) is 42.6 Å². The third-order valence-electron chi connectivity index (χ3n) is 2.44. The van der Waals surface area contributed by atoms with Crippen LogP contribution in [0, 0.1) is 6.92 Å². The summed E-state index contributed by atoms with van der Waals surface area (Å²) >= 11 is 0. The number of carbonyl (C=O) groups excluding carboxylic acids is 1. The molecule has 0 amide bonds. The Labute approximate surface area is 100 Å². The number of aryl methyl sites for hydroxylation is 1. The molecule has 0 spiro atoms. The minimum atomic E-state index is 0.0592. The number of azide groups is 1. The summed E-state index contributed by atoms with van der Waals surface area (Å²) in [5.74, 6) is 0.833. The minimum Gasteiger partial charge on any atom is -0.496 e. The molecule has 0 aliphatic rings. The van der Waals surface area contributed by atoms with Crippen molar-refractivity contribution in [3.63, 3.8) is 0 Å². The number of hydrogen-bond acceptors (Lipinski definition) is 3. The molecule has 5 nitrogen and oxygen atoms in total. The molecule has 0 N–H and O–H groups in total. The minimum absolute atomic E-state index is 0.0592. The van der Waals surface area contributed by atoms with Gasteiger partial charge in [-0.2, -0.15) is 0 Å². The molecular weight excluding hydrogens is 218 g/mol. The van der Waals surface area contributed by atoms with E-state index >= 15 is 0 Å². The molecule has 1 aromatic carbocycles. The van der Waals surface area contributed by atoms with E-state index in [-0.39, 0.29) is 5.78 Å². The maximum absolute atomic E-state index is 11.8. The molecule has 0 radical (unpaired) electrons. The molecule has 17 heavy (non-hydrogen) atoms. The molecule has 0 unspecified atom stereocenters. The van der Waals surface area contributed by atoms with E-state index in [1.807, 2.05) is 13.0 Å². The average Bonchev–Trinajstić information content (AvgIpc) is 2.34. The van der Waals surface area contributed by atoms with Gasteiger partial charge in [0, 0.05) is 23.4 Å². The lowest BCUT2D eigenvalue weighted by molar-refractivity contribution is 0.0980. The third kappa shape index (κ3) is 3.81. The van der Waals surface area contributed by atoms with Gasteiger partial charge >= 0.3 is 0 Å². The monoisotopic (exact) mass is 233 g/mol. The second kappa shape index (κ2) is 6.55. The van der Waals surface area contributed by atoms with Crippen molar-refractivity contribution in [2.45, 2.75) is 19.8 Å². The van der Waals surface area contributed by atoms with Gasteiger partial charge in [-0.3, -0.25) is 4.79 Å². The van der Waals surface area contributed by atoms with Gasteiger partial charge in [0.15, 0.2) is 5.78 Å². The Kier molecular flexibility index (Phi) is 5.04. The van der Waals surface area contributed by atoms with Crippen LogP contribution in [-0.4, -0.2) is 19.4 Å². The maximum Gasteiger partial charge on any atom is 0.162 e. The van der Waals surface area contributed by atoms with E-state index in [1.165, 1.54) is 0 Å². The van der Waals surface area contributed by atoms with Crippen molar-refractivity contribution in [2.24, 2.45) is 5.11 Å². The van der Waals surface area contributed by atoms with Gasteiger partial charge < -0.3 is 4.74 Å². The fraction of sp³-hybridized carbons (Fsp3) is 0.417. The molecule has 1 rings (SSSR count). The smallest absolute Gasteiger partial charge is 0.162 e. The first kappa shape index (κ1) is 13.1. The summed E-state index contributed by atoms with van der Waals surface area (Å²) < 4.78 is 5.13. The Morgan fingerprint density at radius 3 is 2.88 bits per heavy atom.